The molecule has 120 valence electrons. The lowest BCUT2D eigenvalue weighted by Crippen LogP contribution is -2.32. The average molecular weight is 311 g/mol. The van der Waals surface area contributed by atoms with Gasteiger partial charge in [-0.05, 0) is 24.3 Å². The molecule has 2 rings (SSSR count). The van der Waals surface area contributed by atoms with Crippen molar-refractivity contribution in [2.24, 2.45) is 10.7 Å². The maximum atomic E-state index is 12.0. The van der Waals surface area contributed by atoms with Crippen LogP contribution in [-0.2, 0) is 11.2 Å². The van der Waals surface area contributed by atoms with Gasteiger partial charge in [-0.3, -0.25) is 9.78 Å². The number of nitrogens with two attached hydrogens (primary N) is 1. The molecule has 1 heterocycles. The zero-order valence-corrected chi connectivity index (χ0v) is 13.1. The van der Waals surface area contributed by atoms with Crippen LogP contribution >= 0.6 is 0 Å². The molecule has 0 radical (unpaired) electrons. The third-order valence-corrected chi connectivity index (χ3v) is 3.29. The van der Waals surface area contributed by atoms with Crippen molar-refractivity contribution in [1.82, 2.24) is 9.88 Å². The molecular weight excluding hydrogens is 290 g/mol. The van der Waals surface area contributed by atoms with Crippen LogP contribution in [0, 0.1) is 0 Å². The van der Waals surface area contributed by atoms with Gasteiger partial charge in [-0.25, -0.2) is 4.99 Å². The van der Waals surface area contributed by atoms with E-state index in [1.165, 1.54) is 0 Å². The van der Waals surface area contributed by atoms with E-state index in [1.54, 1.807) is 18.1 Å². The number of hydrogen-bond donors (Lipinski definition) is 2. The minimum atomic E-state index is -0.0845. The molecule has 6 nitrogen and oxygen atoms in total. The molecule has 0 bridgehead atoms. The number of carbonyl (C=O) groups excluding carboxylic acids is 1. The van der Waals surface area contributed by atoms with Crippen LogP contribution in [0.15, 0.2) is 59.7 Å². The van der Waals surface area contributed by atoms with Gasteiger partial charge in [0.05, 0.1) is 0 Å². The first-order chi connectivity index (χ1) is 11.1. The molecule has 23 heavy (non-hydrogen) atoms. The lowest BCUT2D eigenvalue weighted by Gasteiger charge is -2.16. The second-order valence-corrected chi connectivity index (χ2v) is 5.08. The van der Waals surface area contributed by atoms with Crippen LogP contribution in [0.1, 0.15) is 5.69 Å². The van der Waals surface area contributed by atoms with Gasteiger partial charge in [0, 0.05) is 37.6 Å². The summed E-state index contributed by atoms with van der Waals surface area (Å²) in [4.78, 5) is 22.0. The summed E-state index contributed by atoms with van der Waals surface area (Å²) < 4.78 is 0. The molecular formula is C17H21N5O. The first-order valence-electron chi connectivity index (χ1n) is 7.41. The molecule has 0 atom stereocenters. The summed E-state index contributed by atoms with van der Waals surface area (Å²) in [5.74, 6) is 0.140. The zero-order chi connectivity index (χ0) is 16.5. The van der Waals surface area contributed by atoms with Crippen LogP contribution in [0.5, 0.6) is 0 Å². The third kappa shape index (κ3) is 5.78. The lowest BCUT2D eigenvalue weighted by atomic mass is 10.2. The van der Waals surface area contributed by atoms with Crippen LogP contribution in [0.4, 0.5) is 5.69 Å². The largest absolute Gasteiger partial charge is 0.370 e. The van der Waals surface area contributed by atoms with Crippen molar-refractivity contribution in [3.8, 4) is 0 Å². The van der Waals surface area contributed by atoms with Gasteiger partial charge in [0.25, 0.3) is 0 Å². The van der Waals surface area contributed by atoms with Gasteiger partial charge in [0.15, 0.2) is 5.96 Å². The number of benzene rings is 1. The molecule has 0 unspecified atom stereocenters. The van der Waals surface area contributed by atoms with Crippen LogP contribution < -0.4 is 11.1 Å². The van der Waals surface area contributed by atoms with Crippen molar-refractivity contribution in [2.75, 3.05) is 25.5 Å². The predicted octanol–water partition coefficient (Wildman–Crippen LogP) is 1.51. The van der Waals surface area contributed by atoms with E-state index in [-0.39, 0.29) is 18.4 Å². The van der Waals surface area contributed by atoms with Crippen molar-refractivity contribution in [2.45, 2.75) is 6.42 Å². The van der Waals surface area contributed by atoms with E-state index >= 15 is 0 Å². The Morgan fingerprint density at radius 3 is 2.65 bits per heavy atom. The zero-order valence-electron chi connectivity index (χ0n) is 13.1. The second kappa shape index (κ2) is 8.53. The summed E-state index contributed by atoms with van der Waals surface area (Å²) in [7, 11) is 1.75. The number of carbonyl (C=O) groups is 1. The predicted molar refractivity (Wildman–Crippen MR) is 92.1 cm³/mol. The number of guanidine groups is 1. The maximum Gasteiger partial charge on any atom is 0.244 e. The number of likely N-dealkylation sites (N-methyl/N-ethyl adjacent to an activating group) is 1. The topological polar surface area (TPSA) is 83.6 Å². The molecule has 0 spiro atoms. The van der Waals surface area contributed by atoms with Gasteiger partial charge in [-0.15, -0.1) is 0 Å². The number of pyridine rings is 1. The standard InChI is InChI=1S/C17H21N5O/c1-22(12-10-14-7-5-6-11-19-14)16(23)13-20-17(18)21-15-8-3-2-4-9-15/h2-9,11H,10,12-13H2,1H3,(H3,18,20,21). The highest BCUT2D eigenvalue weighted by Crippen LogP contribution is 2.03. The highest BCUT2D eigenvalue weighted by molar-refractivity contribution is 5.93. The summed E-state index contributed by atoms with van der Waals surface area (Å²) >= 11 is 0. The van der Waals surface area contributed by atoms with Gasteiger partial charge >= 0.3 is 0 Å². The Balaban J connectivity index is 1.77. The molecule has 2 aromatic rings. The van der Waals surface area contributed by atoms with E-state index in [2.05, 4.69) is 15.3 Å². The van der Waals surface area contributed by atoms with Gasteiger partial charge in [0.2, 0.25) is 5.91 Å². The number of aromatic nitrogens is 1. The van der Waals surface area contributed by atoms with Crippen LogP contribution in [-0.4, -0.2) is 41.9 Å². The van der Waals surface area contributed by atoms with E-state index in [4.69, 9.17) is 5.73 Å². The van der Waals surface area contributed by atoms with E-state index < -0.39 is 0 Å². The molecule has 0 saturated carbocycles. The van der Waals surface area contributed by atoms with Gasteiger partial charge in [-0.1, -0.05) is 24.3 Å². The van der Waals surface area contributed by atoms with Crippen LogP contribution in [0.3, 0.4) is 0 Å². The molecule has 1 aromatic carbocycles. The van der Waals surface area contributed by atoms with Crippen molar-refractivity contribution in [1.29, 1.82) is 0 Å². The van der Waals surface area contributed by atoms with E-state index in [0.29, 0.717) is 13.0 Å². The number of para-hydroxylation sites is 1. The van der Waals surface area contributed by atoms with Crippen molar-refractivity contribution >= 4 is 17.6 Å². The Hall–Kier alpha value is -2.89. The van der Waals surface area contributed by atoms with E-state index in [1.807, 2.05) is 48.5 Å². The van der Waals surface area contributed by atoms with Crippen molar-refractivity contribution < 1.29 is 4.79 Å². The summed E-state index contributed by atoms with van der Waals surface area (Å²) in [6.07, 6.45) is 2.46. The number of hydrogen-bond acceptors (Lipinski definition) is 3. The SMILES string of the molecule is CN(CCc1ccccn1)C(=O)CN=C(N)Nc1ccccc1. The number of nitrogens with zero attached hydrogens (tertiary/aromatic N) is 3. The molecule has 1 aromatic heterocycles. The Morgan fingerprint density at radius 1 is 1.22 bits per heavy atom. The summed E-state index contributed by atoms with van der Waals surface area (Å²) in [6, 6.07) is 15.2. The van der Waals surface area contributed by atoms with Crippen LogP contribution in [0.25, 0.3) is 0 Å². The number of anilines is 1. The van der Waals surface area contributed by atoms with Crippen LogP contribution in [0.2, 0.25) is 0 Å². The number of rotatable bonds is 6. The average Bonchev–Trinajstić information content (AvgIpc) is 2.59. The van der Waals surface area contributed by atoms with E-state index in [9.17, 15) is 4.79 Å². The molecule has 3 N–H and O–H groups in total. The van der Waals surface area contributed by atoms with Crippen molar-refractivity contribution in [3.63, 3.8) is 0 Å². The molecule has 0 saturated heterocycles. The summed E-state index contributed by atoms with van der Waals surface area (Å²) in [6.45, 7) is 0.613. The first-order valence-corrected chi connectivity index (χ1v) is 7.41. The minimum absolute atomic E-state index is 0.0182. The Kier molecular flexibility index (Phi) is 6.11. The summed E-state index contributed by atoms with van der Waals surface area (Å²) in [5.41, 5.74) is 7.57. The highest BCUT2D eigenvalue weighted by atomic mass is 16.2. The summed E-state index contributed by atoms with van der Waals surface area (Å²) in [5, 5.41) is 2.94. The maximum absolute atomic E-state index is 12.0. The number of nitrogens with one attached hydrogen (secondary N) is 1. The van der Waals surface area contributed by atoms with E-state index in [0.717, 1.165) is 11.4 Å². The first kappa shape index (κ1) is 16.5. The molecule has 1 amide bonds. The normalized spacial score (nSPS) is 11.1. The van der Waals surface area contributed by atoms with Gasteiger partial charge in [-0.2, -0.15) is 0 Å². The Morgan fingerprint density at radius 2 is 1.96 bits per heavy atom. The fourth-order valence-electron chi connectivity index (χ4n) is 1.94. The highest BCUT2D eigenvalue weighted by Gasteiger charge is 2.08. The minimum Gasteiger partial charge on any atom is -0.370 e. The smallest absolute Gasteiger partial charge is 0.244 e. The Labute approximate surface area is 136 Å². The third-order valence-electron chi connectivity index (χ3n) is 3.29. The van der Waals surface area contributed by atoms with Gasteiger partial charge < -0.3 is 16.0 Å². The second-order valence-electron chi connectivity index (χ2n) is 5.08. The molecule has 0 aliphatic rings. The fourth-order valence-corrected chi connectivity index (χ4v) is 1.94. The quantitative estimate of drug-likeness (QED) is 0.625. The number of aliphatic imine (C=N–C) groups is 1. The Bertz CT molecular complexity index is 643. The molecule has 0 aliphatic heterocycles. The van der Waals surface area contributed by atoms with Gasteiger partial charge in [0.1, 0.15) is 6.54 Å². The lowest BCUT2D eigenvalue weighted by molar-refractivity contribution is -0.128. The van der Waals surface area contributed by atoms with Crippen molar-refractivity contribution in [3.05, 3.63) is 60.4 Å². The molecule has 6 heteroatoms. The monoisotopic (exact) mass is 311 g/mol. The number of amides is 1. The fraction of sp³-hybridized carbons (Fsp3) is 0.235. The molecule has 0 aliphatic carbocycles. The molecule has 0 fully saturated rings.